The second-order valence-corrected chi connectivity index (χ2v) is 3.18. The van der Waals surface area contributed by atoms with Crippen LogP contribution in [0.4, 0.5) is 0 Å². The molecule has 2 heteroatoms. The largest absolute Gasteiger partial charge is 0.376 e. The van der Waals surface area contributed by atoms with Gasteiger partial charge in [0.25, 0.3) is 0 Å². The lowest BCUT2D eigenvalue weighted by molar-refractivity contribution is 0.439. The van der Waals surface area contributed by atoms with Gasteiger partial charge in [-0.1, -0.05) is 24.3 Å². The maximum Gasteiger partial charge on any atom is 0.0650 e. The predicted octanol–water partition coefficient (Wildman–Crippen LogP) is 1.15. The van der Waals surface area contributed by atoms with Gasteiger partial charge in [0, 0.05) is 18.2 Å². The molecule has 0 aromatic rings. The molecule has 2 rings (SSSR count). The van der Waals surface area contributed by atoms with Gasteiger partial charge in [0.2, 0.25) is 0 Å². The molecule has 0 aromatic heterocycles. The van der Waals surface area contributed by atoms with Crippen LogP contribution in [-0.2, 0) is 0 Å². The summed E-state index contributed by atoms with van der Waals surface area (Å²) in [4.78, 5) is 0. The van der Waals surface area contributed by atoms with Crippen molar-refractivity contribution in [3.05, 3.63) is 36.1 Å². The highest BCUT2D eigenvalue weighted by atomic mass is 15.1. The zero-order chi connectivity index (χ0) is 8.23. The summed E-state index contributed by atoms with van der Waals surface area (Å²) in [6, 6.07) is 0. The SMILES string of the molecule is C1=C\C=C2\NCNCC2C\C=C/1. The molecule has 1 saturated heterocycles. The number of fused-ring (bicyclic) bond motifs is 1. The monoisotopic (exact) mass is 162 g/mol. The van der Waals surface area contributed by atoms with Crippen LogP contribution >= 0.6 is 0 Å². The molecule has 2 nitrogen and oxygen atoms in total. The Kier molecular flexibility index (Phi) is 2.28. The smallest absolute Gasteiger partial charge is 0.0650 e. The number of allylic oxidation sites excluding steroid dienone is 5. The average molecular weight is 162 g/mol. The summed E-state index contributed by atoms with van der Waals surface area (Å²) < 4.78 is 0. The highest BCUT2D eigenvalue weighted by Crippen LogP contribution is 2.16. The van der Waals surface area contributed by atoms with E-state index in [4.69, 9.17) is 0 Å². The first-order chi connectivity index (χ1) is 5.97. The Morgan fingerprint density at radius 3 is 3.25 bits per heavy atom. The van der Waals surface area contributed by atoms with Gasteiger partial charge < -0.3 is 5.32 Å². The van der Waals surface area contributed by atoms with Crippen molar-refractivity contribution in [2.24, 2.45) is 5.92 Å². The van der Waals surface area contributed by atoms with Crippen LogP contribution in [-0.4, -0.2) is 13.2 Å². The Morgan fingerprint density at radius 2 is 2.25 bits per heavy atom. The third-order valence-corrected chi connectivity index (χ3v) is 2.30. The highest BCUT2D eigenvalue weighted by Gasteiger charge is 2.15. The van der Waals surface area contributed by atoms with Gasteiger partial charge in [-0.2, -0.15) is 0 Å². The van der Waals surface area contributed by atoms with Gasteiger partial charge in [-0.25, -0.2) is 0 Å². The maximum absolute atomic E-state index is 3.35. The van der Waals surface area contributed by atoms with E-state index in [2.05, 4.69) is 41.0 Å². The van der Waals surface area contributed by atoms with Crippen molar-refractivity contribution in [2.45, 2.75) is 6.42 Å². The van der Waals surface area contributed by atoms with E-state index < -0.39 is 0 Å². The second kappa shape index (κ2) is 3.59. The van der Waals surface area contributed by atoms with E-state index in [1.54, 1.807) is 0 Å². The molecule has 1 atom stereocenters. The van der Waals surface area contributed by atoms with E-state index in [1.165, 1.54) is 5.70 Å². The lowest BCUT2D eigenvalue weighted by Crippen LogP contribution is -2.42. The van der Waals surface area contributed by atoms with E-state index >= 15 is 0 Å². The average Bonchev–Trinajstić information content (AvgIpc) is 2.06. The summed E-state index contributed by atoms with van der Waals surface area (Å²) in [5.41, 5.74) is 1.37. The van der Waals surface area contributed by atoms with Gasteiger partial charge in [0.15, 0.2) is 0 Å². The van der Waals surface area contributed by atoms with E-state index in [0.717, 1.165) is 19.6 Å². The number of nitrogens with one attached hydrogen (secondary N) is 2. The number of rotatable bonds is 0. The van der Waals surface area contributed by atoms with Crippen molar-refractivity contribution in [2.75, 3.05) is 13.2 Å². The minimum atomic E-state index is 0.639. The zero-order valence-corrected chi connectivity index (χ0v) is 7.09. The molecule has 0 saturated carbocycles. The molecule has 1 aliphatic heterocycles. The summed E-state index contributed by atoms with van der Waals surface area (Å²) in [5.74, 6) is 0.639. The molecule has 2 N–H and O–H groups in total. The van der Waals surface area contributed by atoms with Crippen LogP contribution < -0.4 is 10.6 Å². The van der Waals surface area contributed by atoms with E-state index in [9.17, 15) is 0 Å². The number of hydrogen-bond acceptors (Lipinski definition) is 2. The van der Waals surface area contributed by atoms with Gasteiger partial charge >= 0.3 is 0 Å². The second-order valence-electron chi connectivity index (χ2n) is 3.18. The fourth-order valence-electron chi connectivity index (χ4n) is 1.62. The molecule has 12 heavy (non-hydrogen) atoms. The van der Waals surface area contributed by atoms with E-state index in [1.807, 2.05) is 0 Å². The van der Waals surface area contributed by atoms with Crippen molar-refractivity contribution < 1.29 is 0 Å². The van der Waals surface area contributed by atoms with Gasteiger partial charge in [-0.05, 0) is 12.5 Å². The Balaban J connectivity index is 2.16. The number of hydrogen-bond donors (Lipinski definition) is 2. The molecule has 2 aliphatic rings. The van der Waals surface area contributed by atoms with Crippen molar-refractivity contribution in [1.82, 2.24) is 10.6 Å². The molecule has 1 heterocycles. The minimum absolute atomic E-state index is 0.639. The zero-order valence-electron chi connectivity index (χ0n) is 7.09. The molecule has 0 spiro atoms. The van der Waals surface area contributed by atoms with Crippen molar-refractivity contribution in [1.29, 1.82) is 0 Å². The first-order valence-electron chi connectivity index (χ1n) is 4.45. The summed E-state index contributed by atoms with van der Waals surface area (Å²) in [7, 11) is 0. The molecule has 64 valence electrons. The van der Waals surface area contributed by atoms with Crippen LogP contribution in [0.15, 0.2) is 36.1 Å². The van der Waals surface area contributed by atoms with Crippen molar-refractivity contribution >= 4 is 0 Å². The quantitative estimate of drug-likeness (QED) is 0.558. The summed E-state index contributed by atoms with van der Waals surface area (Å²) in [5, 5.41) is 6.68. The van der Waals surface area contributed by atoms with Crippen LogP contribution in [0.3, 0.4) is 0 Å². The predicted molar refractivity (Wildman–Crippen MR) is 50.5 cm³/mol. The molecule has 1 aliphatic carbocycles. The van der Waals surface area contributed by atoms with Crippen LogP contribution in [0.2, 0.25) is 0 Å². The highest BCUT2D eigenvalue weighted by molar-refractivity contribution is 5.22. The van der Waals surface area contributed by atoms with Gasteiger partial charge in [-0.3, -0.25) is 5.32 Å². The van der Waals surface area contributed by atoms with E-state index in [-0.39, 0.29) is 0 Å². The van der Waals surface area contributed by atoms with Crippen molar-refractivity contribution in [3.8, 4) is 0 Å². The van der Waals surface area contributed by atoms with Crippen LogP contribution in [0.5, 0.6) is 0 Å². The standard InChI is InChI=1S/C10H14N2/c1-2-4-6-10-9(5-3-1)7-11-8-12-10/h1-4,6,9,11-12H,5,7-8H2/b3-1-,4-2-,10-6+. The molecule has 0 radical (unpaired) electrons. The normalized spacial score (nSPS) is 37.7. The molecule has 0 aromatic carbocycles. The molecule has 0 bridgehead atoms. The van der Waals surface area contributed by atoms with E-state index in [0.29, 0.717) is 5.92 Å². The fraction of sp³-hybridized carbons (Fsp3) is 0.400. The topological polar surface area (TPSA) is 24.1 Å². The molecule has 1 fully saturated rings. The molecule has 0 amide bonds. The molecular weight excluding hydrogens is 148 g/mol. The fourth-order valence-corrected chi connectivity index (χ4v) is 1.62. The van der Waals surface area contributed by atoms with Gasteiger partial charge in [0.1, 0.15) is 0 Å². The summed E-state index contributed by atoms with van der Waals surface area (Å²) in [6.07, 6.45) is 11.8. The third-order valence-electron chi connectivity index (χ3n) is 2.30. The maximum atomic E-state index is 3.35. The van der Waals surface area contributed by atoms with Crippen LogP contribution in [0.25, 0.3) is 0 Å². The molecular formula is C10H14N2. The Labute approximate surface area is 73.0 Å². The Bertz CT molecular complexity index is 238. The third kappa shape index (κ3) is 1.59. The van der Waals surface area contributed by atoms with Crippen LogP contribution in [0.1, 0.15) is 6.42 Å². The first-order valence-corrected chi connectivity index (χ1v) is 4.45. The minimum Gasteiger partial charge on any atom is -0.376 e. The van der Waals surface area contributed by atoms with Gasteiger partial charge in [0.05, 0.1) is 6.67 Å². The summed E-state index contributed by atoms with van der Waals surface area (Å²) in [6.45, 7) is 2.00. The molecule has 1 unspecified atom stereocenters. The van der Waals surface area contributed by atoms with Crippen molar-refractivity contribution in [3.63, 3.8) is 0 Å². The Morgan fingerprint density at radius 1 is 1.25 bits per heavy atom. The van der Waals surface area contributed by atoms with Gasteiger partial charge in [-0.15, -0.1) is 0 Å². The lowest BCUT2D eigenvalue weighted by atomic mass is 9.98. The summed E-state index contributed by atoms with van der Waals surface area (Å²) >= 11 is 0. The Hall–Kier alpha value is -1.02. The van der Waals surface area contributed by atoms with Crippen LogP contribution in [0, 0.1) is 5.92 Å². The first kappa shape index (κ1) is 7.62. The lowest BCUT2D eigenvalue weighted by Gasteiger charge is -2.27.